The molecule has 0 bridgehead atoms. The molecule has 0 spiro atoms. The maximum Gasteiger partial charge on any atom is 0.215 e. The SMILES string of the molecule is CNCc1ccc(CS(=O)(=O)NCC2CCN(C)C2)cc1. The highest BCUT2D eigenvalue weighted by molar-refractivity contribution is 7.88. The zero-order chi connectivity index (χ0) is 15.3. The van der Waals surface area contributed by atoms with Gasteiger partial charge in [-0.2, -0.15) is 0 Å². The van der Waals surface area contributed by atoms with Crippen molar-refractivity contribution >= 4 is 10.0 Å². The van der Waals surface area contributed by atoms with Crippen LogP contribution in [0.4, 0.5) is 0 Å². The molecule has 5 nitrogen and oxygen atoms in total. The quantitative estimate of drug-likeness (QED) is 0.781. The first-order valence-corrected chi connectivity index (χ1v) is 9.02. The minimum Gasteiger partial charge on any atom is -0.316 e. The van der Waals surface area contributed by atoms with Crippen molar-refractivity contribution in [1.82, 2.24) is 14.9 Å². The third kappa shape index (κ3) is 5.39. The number of nitrogens with zero attached hydrogens (tertiary/aromatic N) is 1. The number of nitrogens with one attached hydrogen (secondary N) is 2. The Hall–Kier alpha value is -0.950. The first kappa shape index (κ1) is 16.4. The first-order chi connectivity index (χ1) is 9.98. The molecule has 1 saturated heterocycles. The summed E-state index contributed by atoms with van der Waals surface area (Å²) in [7, 11) is 0.713. The van der Waals surface area contributed by atoms with Gasteiger partial charge in [-0.25, -0.2) is 13.1 Å². The largest absolute Gasteiger partial charge is 0.316 e. The van der Waals surface area contributed by atoms with Gasteiger partial charge in [0, 0.05) is 19.6 Å². The average Bonchev–Trinajstić information content (AvgIpc) is 2.85. The molecule has 1 atom stereocenters. The van der Waals surface area contributed by atoms with Crippen LogP contribution in [-0.2, 0) is 22.3 Å². The molecule has 1 aliphatic heterocycles. The molecule has 2 rings (SSSR count). The minimum absolute atomic E-state index is 0.0510. The highest BCUT2D eigenvalue weighted by Gasteiger charge is 2.21. The average molecular weight is 311 g/mol. The number of rotatable bonds is 7. The molecule has 0 amide bonds. The van der Waals surface area contributed by atoms with Crippen molar-refractivity contribution in [3.8, 4) is 0 Å². The van der Waals surface area contributed by atoms with Crippen LogP contribution in [0, 0.1) is 5.92 Å². The summed E-state index contributed by atoms with van der Waals surface area (Å²) >= 11 is 0. The van der Waals surface area contributed by atoms with E-state index < -0.39 is 10.0 Å². The maximum absolute atomic E-state index is 12.1. The van der Waals surface area contributed by atoms with Crippen molar-refractivity contribution in [2.24, 2.45) is 5.92 Å². The molecule has 118 valence electrons. The van der Waals surface area contributed by atoms with Crippen molar-refractivity contribution in [2.45, 2.75) is 18.7 Å². The number of sulfonamides is 1. The van der Waals surface area contributed by atoms with Crippen LogP contribution in [0.25, 0.3) is 0 Å². The van der Waals surface area contributed by atoms with Gasteiger partial charge in [0.05, 0.1) is 5.75 Å². The fourth-order valence-electron chi connectivity index (χ4n) is 2.67. The van der Waals surface area contributed by atoms with Crippen molar-refractivity contribution < 1.29 is 8.42 Å². The highest BCUT2D eigenvalue weighted by Crippen LogP contribution is 2.14. The van der Waals surface area contributed by atoms with Gasteiger partial charge in [-0.3, -0.25) is 0 Å². The lowest BCUT2D eigenvalue weighted by atomic mass is 10.1. The van der Waals surface area contributed by atoms with Crippen LogP contribution in [0.2, 0.25) is 0 Å². The molecule has 21 heavy (non-hydrogen) atoms. The van der Waals surface area contributed by atoms with Gasteiger partial charge in [0.1, 0.15) is 0 Å². The Morgan fingerprint density at radius 2 is 1.90 bits per heavy atom. The summed E-state index contributed by atoms with van der Waals surface area (Å²) in [4.78, 5) is 2.24. The van der Waals surface area contributed by atoms with Crippen LogP contribution in [0.1, 0.15) is 17.5 Å². The summed E-state index contributed by atoms with van der Waals surface area (Å²) in [5, 5.41) is 3.07. The van der Waals surface area contributed by atoms with E-state index in [2.05, 4.69) is 22.0 Å². The van der Waals surface area contributed by atoms with Crippen molar-refractivity contribution in [1.29, 1.82) is 0 Å². The smallest absolute Gasteiger partial charge is 0.215 e. The van der Waals surface area contributed by atoms with E-state index in [1.54, 1.807) is 0 Å². The lowest BCUT2D eigenvalue weighted by molar-refractivity contribution is 0.394. The van der Waals surface area contributed by atoms with Crippen LogP contribution in [-0.4, -0.2) is 47.0 Å². The van der Waals surface area contributed by atoms with E-state index in [-0.39, 0.29) is 5.75 Å². The van der Waals surface area contributed by atoms with Crippen LogP contribution < -0.4 is 10.0 Å². The van der Waals surface area contributed by atoms with Gasteiger partial charge in [-0.15, -0.1) is 0 Å². The van der Waals surface area contributed by atoms with Gasteiger partial charge in [-0.1, -0.05) is 24.3 Å². The van der Waals surface area contributed by atoms with Crippen molar-refractivity contribution in [3.63, 3.8) is 0 Å². The van der Waals surface area contributed by atoms with Gasteiger partial charge in [0.25, 0.3) is 0 Å². The van der Waals surface area contributed by atoms with Gasteiger partial charge < -0.3 is 10.2 Å². The first-order valence-electron chi connectivity index (χ1n) is 7.37. The van der Waals surface area contributed by atoms with Gasteiger partial charge in [-0.05, 0) is 44.1 Å². The fourth-order valence-corrected chi connectivity index (χ4v) is 3.89. The van der Waals surface area contributed by atoms with Crippen LogP contribution >= 0.6 is 0 Å². The Bertz CT molecular complexity index is 543. The molecule has 0 radical (unpaired) electrons. The molecular formula is C15H25N3O2S. The second kappa shape index (κ2) is 7.35. The monoisotopic (exact) mass is 311 g/mol. The van der Waals surface area contributed by atoms with Gasteiger partial charge in [0.2, 0.25) is 10.0 Å². The van der Waals surface area contributed by atoms with E-state index in [4.69, 9.17) is 0 Å². The summed E-state index contributed by atoms with van der Waals surface area (Å²) in [5.74, 6) is 0.484. The lowest BCUT2D eigenvalue weighted by Crippen LogP contribution is -2.31. The Morgan fingerprint density at radius 3 is 2.48 bits per heavy atom. The standard InChI is InChI=1S/C15H25N3O2S/c1-16-9-13-3-5-14(6-4-13)12-21(19,20)17-10-15-7-8-18(2)11-15/h3-6,15-17H,7-12H2,1-2H3. The molecule has 0 aromatic heterocycles. The Balaban J connectivity index is 1.85. The second-order valence-corrected chi connectivity index (χ2v) is 7.68. The van der Waals surface area contributed by atoms with E-state index in [9.17, 15) is 8.42 Å². The summed E-state index contributed by atoms with van der Waals surface area (Å²) in [6.07, 6.45) is 1.07. The molecule has 1 aromatic carbocycles. The maximum atomic E-state index is 12.1. The predicted octanol–water partition coefficient (Wildman–Crippen LogP) is 0.777. The molecule has 1 fully saturated rings. The molecule has 0 saturated carbocycles. The fraction of sp³-hybridized carbons (Fsp3) is 0.600. The van der Waals surface area contributed by atoms with E-state index in [1.807, 2.05) is 31.3 Å². The molecule has 1 aromatic rings. The van der Waals surface area contributed by atoms with E-state index in [0.29, 0.717) is 12.5 Å². The molecule has 1 unspecified atom stereocenters. The van der Waals surface area contributed by atoms with E-state index >= 15 is 0 Å². The summed E-state index contributed by atoms with van der Waals surface area (Å²) in [6.45, 7) is 3.37. The van der Waals surface area contributed by atoms with Crippen LogP contribution in [0.15, 0.2) is 24.3 Å². The van der Waals surface area contributed by atoms with Crippen molar-refractivity contribution in [2.75, 3.05) is 33.7 Å². The Morgan fingerprint density at radius 1 is 1.24 bits per heavy atom. The zero-order valence-corrected chi connectivity index (χ0v) is 13.6. The third-order valence-corrected chi connectivity index (χ3v) is 5.16. The van der Waals surface area contributed by atoms with Crippen molar-refractivity contribution in [3.05, 3.63) is 35.4 Å². The number of likely N-dealkylation sites (tertiary alicyclic amines) is 1. The summed E-state index contributed by atoms with van der Waals surface area (Å²) < 4.78 is 27.0. The van der Waals surface area contributed by atoms with Crippen LogP contribution in [0.3, 0.4) is 0 Å². The number of hydrogen-bond donors (Lipinski definition) is 2. The molecule has 6 heteroatoms. The normalized spacial score (nSPS) is 20.0. The summed E-state index contributed by atoms with van der Waals surface area (Å²) in [6, 6.07) is 7.70. The van der Waals surface area contributed by atoms with Gasteiger partial charge in [0.15, 0.2) is 0 Å². The Kier molecular flexibility index (Phi) is 5.75. The molecule has 1 heterocycles. The third-order valence-electron chi connectivity index (χ3n) is 3.84. The van der Waals surface area contributed by atoms with Crippen LogP contribution in [0.5, 0.6) is 0 Å². The zero-order valence-electron chi connectivity index (χ0n) is 12.8. The topological polar surface area (TPSA) is 61.4 Å². The predicted molar refractivity (Wildman–Crippen MR) is 85.4 cm³/mol. The summed E-state index contributed by atoms with van der Waals surface area (Å²) in [5.41, 5.74) is 1.98. The Labute approximate surface area is 127 Å². The molecule has 1 aliphatic rings. The van der Waals surface area contributed by atoms with E-state index in [0.717, 1.165) is 37.2 Å². The van der Waals surface area contributed by atoms with Gasteiger partial charge >= 0.3 is 0 Å². The number of benzene rings is 1. The molecule has 0 aliphatic carbocycles. The molecular weight excluding hydrogens is 286 g/mol. The number of hydrogen-bond acceptors (Lipinski definition) is 4. The second-order valence-electron chi connectivity index (χ2n) is 5.87. The minimum atomic E-state index is -3.25. The van der Waals surface area contributed by atoms with E-state index in [1.165, 1.54) is 0 Å². The highest BCUT2D eigenvalue weighted by atomic mass is 32.2. The lowest BCUT2D eigenvalue weighted by Gasteiger charge is -2.12. The molecule has 2 N–H and O–H groups in total.